The predicted octanol–water partition coefficient (Wildman–Crippen LogP) is 4.20. The van der Waals surface area contributed by atoms with Crippen molar-refractivity contribution >= 4 is 31.9 Å². The van der Waals surface area contributed by atoms with Gasteiger partial charge in [0.25, 0.3) is 0 Å². The molecule has 0 aromatic heterocycles. The summed E-state index contributed by atoms with van der Waals surface area (Å²) in [4.78, 5) is 2.45. The highest BCUT2D eigenvalue weighted by atomic mass is 79.9. The molecule has 0 amide bonds. The van der Waals surface area contributed by atoms with Gasteiger partial charge < -0.3 is 0 Å². The van der Waals surface area contributed by atoms with Gasteiger partial charge in [0.1, 0.15) is 5.82 Å². The van der Waals surface area contributed by atoms with E-state index in [4.69, 9.17) is 0 Å². The highest BCUT2D eigenvalue weighted by Crippen LogP contribution is 2.23. The van der Waals surface area contributed by atoms with Gasteiger partial charge in [0.15, 0.2) is 0 Å². The van der Waals surface area contributed by atoms with Crippen LogP contribution in [-0.2, 0) is 6.54 Å². The number of hydrogen-bond acceptors (Lipinski definition) is 1. The fourth-order valence-corrected chi connectivity index (χ4v) is 3.42. The highest BCUT2D eigenvalue weighted by molar-refractivity contribution is 9.10. The summed E-state index contributed by atoms with van der Waals surface area (Å²) in [6.45, 7) is 3.25. The van der Waals surface area contributed by atoms with Crippen molar-refractivity contribution in [2.24, 2.45) is 5.92 Å². The van der Waals surface area contributed by atoms with Gasteiger partial charge in [-0.05, 0) is 58.9 Å². The van der Waals surface area contributed by atoms with Crippen LogP contribution in [-0.4, -0.2) is 23.3 Å². The molecule has 0 spiro atoms. The summed E-state index contributed by atoms with van der Waals surface area (Å²) in [5.41, 5.74) is 1.18. The summed E-state index contributed by atoms with van der Waals surface area (Å²) in [5.74, 6) is 0.630. The van der Waals surface area contributed by atoms with Gasteiger partial charge in [0.05, 0.1) is 4.47 Å². The van der Waals surface area contributed by atoms with Crippen LogP contribution in [0, 0.1) is 11.7 Å². The lowest BCUT2D eigenvalue weighted by molar-refractivity contribution is 0.315. The quantitative estimate of drug-likeness (QED) is 0.724. The Balaban J connectivity index is 1.91. The molecule has 1 atom stereocenters. The third-order valence-electron chi connectivity index (χ3n) is 3.28. The van der Waals surface area contributed by atoms with Crippen molar-refractivity contribution in [1.82, 2.24) is 4.90 Å². The minimum absolute atomic E-state index is 0.188. The second-order valence-corrected chi connectivity index (χ2v) is 6.26. The monoisotopic (exact) mass is 363 g/mol. The molecule has 1 aromatic rings. The number of benzene rings is 1. The lowest BCUT2D eigenvalue weighted by Gasteiger charge is -2.16. The summed E-state index contributed by atoms with van der Waals surface area (Å²) in [6, 6.07) is 5.29. The number of alkyl halides is 1. The molecule has 4 heteroatoms. The predicted molar refractivity (Wildman–Crippen MR) is 75.9 cm³/mol. The largest absolute Gasteiger partial charge is 0.299 e. The van der Waals surface area contributed by atoms with Gasteiger partial charge in [-0.3, -0.25) is 4.90 Å². The molecule has 0 aliphatic carbocycles. The highest BCUT2D eigenvalue weighted by Gasteiger charge is 2.21. The van der Waals surface area contributed by atoms with Crippen molar-refractivity contribution in [3.63, 3.8) is 0 Å². The van der Waals surface area contributed by atoms with Crippen LogP contribution < -0.4 is 0 Å². The average molecular weight is 365 g/mol. The minimum atomic E-state index is -0.188. The normalized spacial score (nSPS) is 21.0. The molecule has 2 rings (SSSR count). The Morgan fingerprint density at radius 1 is 1.41 bits per heavy atom. The summed E-state index contributed by atoms with van der Waals surface area (Å²) >= 11 is 6.73. The second kappa shape index (κ2) is 6.30. The molecular formula is C13H16Br2FN. The fourth-order valence-electron chi connectivity index (χ4n) is 2.34. The molecule has 1 aliphatic rings. The van der Waals surface area contributed by atoms with Crippen LogP contribution in [0.1, 0.15) is 18.4 Å². The number of rotatable bonds is 4. The van der Waals surface area contributed by atoms with Crippen LogP contribution >= 0.6 is 31.9 Å². The molecule has 1 aliphatic heterocycles. The summed E-state index contributed by atoms with van der Waals surface area (Å²) in [6.07, 6.45) is 2.54. The Morgan fingerprint density at radius 2 is 2.24 bits per heavy atom. The van der Waals surface area contributed by atoms with Gasteiger partial charge in [0, 0.05) is 18.4 Å². The van der Waals surface area contributed by atoms with E-state index in [-0.39, 0.29) is 5.82 Å². The number of nitrogens with zero attached hydrogens (tertiary/aromatic N) is 1. The van der Waals surface area contributed by atoms with Crippen molar-refractivity contribution in [3.05, 3.63) is 34.1 Å². The molecule has 1 fully saturated rings. The zero-order valence-electron chi connectivity index (χ0n) is 9.63. The van der Waals surface area contributed by atoms with Crippen molar-refractivity contribution in [2.75, 3.05) is 18.4 Å². The van der Waals surface area contributed by atoms with E-state index in [0.29, 0.717) is 4.47 Å². The zero-order chi connectivity index (χ0) is 12.3. The fraction of sp³-hybridized carbons (Fsp3) is 0.538. The van der Waals surface area contributed by atoms with Crippen molar-refractivity contribution in [2.45, 2.75) is 19.4 Å². The van der Waals surface area contributed by atoms with Crippen LogP contribution in [0.2, 0.25) is 0 Å². The number of hydrogen-bond donors (Lipinski definition) is 0. The molecule has 0 saturated carbocycles. The van der Waals surface area contributed by atoms with Gasteiger partial charge in [-0.1, -0.05) is 22.0 Å². The maximum atomic E-state index is 13.1. The number of likely N-dealkylation sites (tertiary alicyclic amines) is 1. The lowest BCUT2D eigenvalue weighted by Crippen LogP contribution is -2.20. The van der Waals surface area contributed by atoms with Gasteiger partial charge in [-0.2, -0.15) is 0 Å². The molecule has 1 unspecified atom stereocenters. The molecule has 17 heavy (non-hydrogen) atoms. The smallest absolute Gasteiger partial charge is 0.137 e. The van der Waals surface area contributed by atoms with Crippen molar-refractivity contribution in [1.29, 1.82) is 0 Å². The van der Waals surface area contributed by atoms with Crippen LogP contribution in [0.15, 0.2) is 22.7 Å². The van der Waals surface area contributed by atoms with Gasteiger partial charge in [0.2, 0.25) is 0 Å². The lowest BCUT2D eigenvalue weighted by atomic mass is 10.1. The van der Waals surface area contributed by atoms with Crippen molar-refractivity contribution in [3.8, 4) is 0 Å². The van der Waals surface area contributed by atoms with Crippen LogP contribution in [0.5, 0.6) is 0 Å². The van der Waals surface area contributed by atoms with E-state index < -0.39 is 0 Å². The average Bonchev–Trinajstić information content (AvgIpc) is 2.72. The molecule has 0 bridgehead atoms. The summed E-state index contributed by atoms with van der Waals surface area (Å²) in [7, 11) is 0. The maximum Gasteiger partial charge on any atom is 0.137 e. The van der Waals surface area contributed by atoms with Crippen LogP contribution in [0.3, 0.4) is 0 Å². The zero-order valence-corrected chi connectivity index (χ0v) is 12.8. The van der Waals surface area contributed by atoms with Crippen molar-refractivity contribution < 1.29 is 4.39 Å². The Kier molecular flexibility index (Phi) is 5.00. The van der Waals surface area contributed by atoms with E-state index in [9.17, 15) is 4.39 Å². The third-order valence-corrected chi connectivity index (χ3v) is 4.34. The van der Waals surface area contributed by atoms with Gasteiger partial charge in [-0.15, -0.1) is 0 Å². The van der Waals surface area contributed by atoms with Crippen LogP contribution in [0.4, 0.5) is 4.39 Å². The minimum Gasteiger partial charge on any atom is -0.299 e. The van der Waals surface area contributed by atoms with Crippen LogP contribution in [0.25, 0.3) is 0 Å². The second-order valence-electron chi connectivity index (χ2n) is 4.62. The SMILES string of the molecule is Fc1ccc(CN2CCC(CCBr)C2)cc1Br. The molecule has 0 radical (unpaired) electrons. The molecule has 94 valence electrons. The van der Waals surface area contributed by atoms with Gasteiger partial charge >= 0.3 is 0 Å². The molecule has 1 nitrogen and oxygen atoms in total. The van der Waals surface area contributed by atoms with E-state index in [2.05, 4.69) is 36.8 Å². The summed E-state index contributed by atoms with van der Waals surface area (Å²) < 4.78 is 13.7. The van der Waals surface area contributed by atoms with E-state index >= 15 is 0 Å². The Bertz CT molecular complexity index is 384. The first-order valence-electron chi connectivity index (χ1n) is 5.91. The maximum absolute atomic E-state index is 13.1. The standard InChI is InChI=1S/C13H16Br2FN/c14-5-3-10-4-6-17(8-10)9-11-1-2-13(16)12(15)7-11/h1-2,7,10H,3-6,8-9H2. The van der Waals surface area contributed by atoms with E-state index in [1.807, 2.05) is 12.1 Å². The molecule has 1 saturated heterocycles. The van der Waals surface area contributed by atoms with E-state index in [1.54, 1.807) is 0 Å². The Morgan fingerprint density at radius 3 is 2.94 bits per heavy atom. The molecule has 1 aromatic carbocycles. The topological polar surface area (TPSA) is 3.24 Å². The molecule has 1 heterocycles. The van der Waals surface area contributed by atoms with E-state index in [0.717, 1.165) is 24.3 Å². The first-order chi connectivity index (χ1) is 8.19. The third kappa shape index (κ3) is 3.76. The first kappa shape index (κ1) is 13.5. The van der Waals surface area contributed by atoms with Gasteiger partial charge in [-0.25, -0.2) is 4.39 Å². The Labute approximate surface area is 119 Å². The first-order valence-corrected chi connectivity index (χ1v) is 7.82. The molecular weight excluding hydrogens is 349 g/mol. The Hall–Kier alpha value is 0.0700. The number of halogens is 3. The summed E-state index contributed by atoms with van der Waals surface area (Å²) in [5, 5.41) is 1.09. The molecule has 0 N–H and O–H groups in total. The van der Waals surface area contributed by atoms with E-state index in [1.165, 1.54) is 31.0 Å².